The molecule has 0 aliphatic carbocycles. The first-order chi connectivity index (χ1) is 13.3. The smallest absolute Gasteiger partial charge is 0.251 e. The largest absolute Gasteiger partial charge is 0.454 e. The maximum absolute atomic E-state index is 12.1. The van der Waals surface area contributed by atoms with Crippen molar-refractivity contribution in [3.05, 3.63) is 53.6 Å². The Morgan fingerprint density at radius 3 is 2.11 bits per heavy atom. The van der Waals surface area contributed by atoms with Crippen LogP contribution in [0.15, 0.2) is 42.5 Å². The summed E-state index contributed by atoms with van der Waals surface area (Å²) in [5, 5.41) is 5.38. The Morgan fingerprint density at radius 2 is 1.46 bits per heavy atom. The lowest BCUT2D eigenvalue weighted by Gasteiger charge is -2.08. The minimum absolute atomic E-state index is 0.137. The summed E-state index contributed by atoms with van der Waals surface area (Å²) in [6, 6.07) is 10.9. The number of fused-ring (bicyclic) bond motifs is 1. The summed E-state index contributed by atoms with van der Waals surface area (Å²) in [7, 11) is -3.37. The van der Waals surface area contributed by atoms with Crippen molar-refractivity contribution in [1.29, 1.82) is 0 Å². The molecule has 2 aromatic carbocycles. The van der Waals surface area contributed by atoms with Gasteiger partial charge in [0.05, 0.1) is 6.26 Å². The van der Waals surface area contributed by atoms with Gasteiger partial charge in [0.25, 0.3) is 11.8 Å². The molecule has 0 unspecified atom stereocenters. The first-order valence-corrected chi connectivity index (χ1v) is 10.2. The van der Waals surface area contributed by atoms with Gasteiger partial charge in [0.2, 0.25) is 16.8 Å². The second kappa shape index (κ2) is 8.17. The standard InChI is InChI=1S/C18H19N3O6S/c1-28(24,25)21-14-5-2-12(3-6-14)17(22)19-8-9-20-18(23)13-4-7-15-16(10-13)27-11-26-15/h2-7,10,21H,8-9,11H2,1H3,(H,19,22)(H,20,23). The van der Waals surface area contributed by atoms with Gasteiger partial charge >= 0.3 is 0 Å². The molecule has 28 heavy (non-hydrogen) atoms. The molecule has 0 aromatic heterocycles. The van der Waals surface area contributed by atoms with Crippen LogP contribution in [0.5, 0.6) is 11.5 Å². The first-order valence-electron chi connectivity index (χ1n) is 8.36. The van der Waals surface area contributed by atoms with Crippen LogP contribution >= 0.6 is 0 Å². The van der Waals surface area contributed by atoms with Crippen molar-refractivity contribution < 1.29 is 27.5 Å². The van der Waals surface area contributed by atoms with Gasteiger partial charge in [-0.05, 0) is 42.5 Å². The Labute approximate surface area is 162 Å². The lowest BCUT2D eigenvalue weighted by atomic mass is 10.2. The number of hydrogen-bond acceptors (Lipinski definition) is 6. The van der Waals surface area contributed by atoms with E-state index in [1.165, 1.54) is 24.3 Å². The van der Waals surface area contributed by atoms with E-state index in [1.807, 2.05) is 0 Å². The van der Waals surface area contributed by atoms with E-state index in [1.54, 1.807) is 18.2 Å². The Balaban J connectivity index is 1.44. The van der Waals surface area contributed by atoms with E-state index in [0.29, 0.717) is 28.3 Å². The normalized spacial score (nSPS) is 12.3. The number of rotatable bonds is 7. The zero-order chi connectivity index (χ0) is 20.1. The van der Waals surface area contributed by atoms with Crippen molar-refractivity contribution in [2.75, 3.05) is 30.9 Å². The van der Waals surface area contributed by atoms with Crippen LogP contribution in [-0.4, -0.2) is 46.4 Å². The third kappa shape index (κ3) is 5.13. The van der Waals surface area contributed by atoms with E-state index in [2.05, 4.69) is 15.4 Å². The Morgan fingerprint density at radius 1 is 0.893 bits per heavy atom. The van der Waals surface area contributed by atoms with Crippen molar-refractivity contribution >= 4 is 27.5 Å². The van der Waals surface area contributed by atoms with Gasteiger partial charge in [-0.15, -0.1) is 0 Å². The second-order valence-electron chi connectivity index (χ2n) is 6.03. The molecule has 0 saturated heterocycles. The fourth-order valence-corrected chi connectivity index (χ4v) is 3.06. The summed E-state index contributed by atoms with van der Waals surface area (Å²) in [5.74, 6) is 0.503. The molecule has 0 spiro atoms. The molecule has 9 nitrogen and oxygen atoms in total. The van der Waals surface area contributed by atoms with E-state index < -0.39 is 10.0 Å². The predicted molar refractivity (Wildman–Crippen MR) is 102 cm³/mol. The van der Waals surface area contributed by atoms with Crippen LogP contribution in [-0.2, 0) is 10.0 Å². The van der Waals surface area contributed by atoms with Crippen molar-refractivity contribution in [1.82, 2.24) is 10.6 Å². The SMILES string of the molecule is CS(=O)(=O)Nc1ccc(C(=O)NCCNC(=O)c2ccc3c(c2)OCO3)cc1. The molecular weight excluding hydrogens is 386 g/mol. The van der Waals surface area contributed by atoms with Crippen molar-refractivity contribution in [3.8, 4) is 11.5 Å². The van der Waals surface area contributed by atoms with Crippen LogP contribution in [0.3, 0.4) is 0 Å². The summed E-state index contributed by atoms with van der Waals surface area (Å²) >= 11 is 0. The molecule has 10 heteroatoms. The zero-order valence-electron chi connectivity index (χ0n) is 15.0. The monoisotopic (exact) mass is 405 g/mol. The van der Waals surface area contributed by atoms with Gasteiger partial charge in [-0.3, -0.25) is 14.3 Å². The number of amides is 2. The van der Waals surface area contributed by atoms with Gasteiger partial charge in [-0.25, -0.2) is 8.42 Å². The molecule has 3 N–H and O–H groups in total. The van der Waals surface area contributed by atoms with E-state index in [-0.39, 0.29) is 31.7 Å². The predicted octanol–water partition coefficient (Wildman–Crippen LogP) is 0.947. The lowest BCUT2D eigenvalue weighted by Crippen LogP contribution is -2.34. The van der Waals surface area contributed by atoms with E-state index >= 15 is 0 Å². The van der Waals surface area contributed by atoms with Gasteiger partial charge in [-0.1, -0.05) is 0 Å². The molecule has 148 valence electrons. The summed E-state index contributed by atoms with van der Waals surface area (Å²) in [4.78, 5) is 24.2. The molecule has 2 aromatic rings. The Hall–Kier alpha value is -3.27. The third-order valence-electron chi connectivity index (χ3n) is 3.78. The molecule has 2 amide bonds. The van der Waals surface area contributed by atoms with Crippen LogP contribution in [0.1, 0.15) is 20.7 Å². The average Bonchev–Trinajstić information content (AvgIpc) is 3.12. The highest BCUT2D eigenvalue weighted by Gasteiger charge is 2.16. The molecule has 0 saturated carbocycles. The summed E-state index contributed by atoms with van der Waals surface area (Å²) in [5.41, 5.74) is 1.18. The van der Waals surface area contributed by atoms with Gasteiger partial charge in [0.15, 0.2) is 11.5 Å². The quantitative estimate of drug-likeness (QED) is 0.590. The molecule has 1 heterocycles. The van der Waals surface area contributed by atoms with Gasteiger partial charge in [0, 0.05) is 29.9 Å². The van der Waals surface area contributed by atoms with Gasteiger partial charge in [0.1, 0.15) is 0 Å². The Kier molecular flexibility index (Phi) is 5.69. The van der Waals surface area contributed by atoms with Gasteiger partial charge < -0.3 is 20.1 Å². The molecule has 0 fully saturated rings. The van der Waals surface area contributed by atoms with E-state index in [0.717, 1.165) is 6.26 Å². The zero-order valence-corrected chi connectivity index (χ0v) is 15.8. The first kappa shape index (κ1) is 19.5. The van der Waals surface area contributed by atoms with Crippen LogP contribution in [0, 0.1) is 0 Å². The average molecular weight is 405 g/mol. The number of benzene rings is 2. The van der Waals surface area contributed by atoms with E-state index in [9.17, 15) is 18.0 Å². The minimum atomic E-state index is -3.37. The highest BCUT2D eigenvalue weighted by Crippen LogP contribution is 2.32. The van der Waals surface area contributed by atoms with Crippen molar-refractivity contribution in [3.63, 3.8) is 0 Å². The third-order valence-corrected chi connectivity index (χ3v) is 4.39. The number of anilines is 1. The topological polar surface area (TPSA) is 123 Å². The fourth-order valence-electron chi connectivity index (χ4n) is 2.50. The summed E-state index contributed by atoms with van der Waals surface area (Å²) in [6.07, 6.45) is 1.05. The van der Waals surface area contributed by atoms with Crippen LogP contribution in [0.25, 0.3) is 0 Å². The molecule has 3 rings (SSSR count). The lowest BCUT2D eigenvalue weighted by molar-refractivity contribution is 0.0927. The fraction of sp³-hybridized carbons (Fsp3) is 0.222. The highest BCUT2D eigenvalue weighted by molar-refractivity contribution is 7.92. The number of hydrogen-bond donors (Lipinski definition) is 3. The summed E-state index contributed by atoms with van der Waals surface area (Å²) in [6.45, 7) is 0.614. The van der Waals surface area contributed by atoms with Crippen molar-refractivity contribution in [2.45, 2.75) is 0 Å². The highest BCUT2D eigenvalue weighted by atomic mass is 32.2. The van der Waals surface area contributed by atoms with Crippen LogP contribution < -0.4 is 24.8 Å². The molecule has 0 bridgehead atoms. The van der Waals surface area contributed by atoms with Gasteiger partial charge in [-0.2, -0.15) is 0 Å². The number of sulfonamides is 1. The second-order valence-corrected chi connectivity index (χ2v) is 7.78. The molecule has 1 aliphatic heterocycles. The van der Waals surface area contributed by atoms with Crippen LogP contribution in [0.4, 0.5) is 5.69 Å². The number of nitrogens with one attached hydrogen (secondary N) is 3. The number of carbonyl (C=O) groups excluding carboxylic acids is 2. The maximum Gasteiger partial charge on any atom is 0.251 e. The minimum Gasteiger partial charge on any atom is -0.454 e. The number of carbonyl (C=O) groups is 2. The van der Waals surface area contributed by atoms with E-state index in [4.69, 9.17) is 9.47 Å². The maximum atomic E-state index is 12.1. The molecule has 0 radical (unpaired) electrons. The number of ether oxygens (including phenoxy) is 2. The van der Waals surface area contributed by atoms with Crippen molar-refractivity contribution in [2.24, 2.45) is 0 Å². The Bertz CT molecular complexity index is 989. The molecule has 1 aliphatic rings. The van der Waals surface area contributed by atoms with Crippen LogP contribution in [0.2, 0.25) is 0 Å². The molecule has 0 atom stereocenters. The summed E-state index contributed by atoms with van der Waals surface area (Å²) < 4.78 is 35.1. The molecular formula is C18H19N3O6S.